The molecule has 1 fully saturated rings. The van der Waals surface area contributed by atoms with E-state index in [4.69, 9.17) is 9.47 Å². The number of rotatable bonds is 9. The van der Waals surface area contributed by atoms with Crippen molar-refractivity contribution in [1.29, 1.82) is 0 Å². The molecular weight excluding hydrogens is 448 g/mol. The van der Waals surface area contributed by atoms with Gasteiger partial charge in [0.1, 0.15) is 10.6 Å². The van der Waals surface area contributed by atoms with Crippen LogP contribution in [0.2, 0.25) is 0 Å². The number of morpholine rings is 1. The van der Waals surface area contributed by atoms with Crippen LogP contribution in [-0.2, 0) is 26.0 Å². The number of anilines is 1. The number of amides is 1. The molecular formula is C18H22N4O5S3. The average Bonchev–Trinajstić information content (AvgIpc) is 3.19. The molecule has 1 aromatic carbocycles. The maximum atomic E-state index is 13.0. The molecule has 2 heterocycles. The van der Waals surface area contributed by atoms with Gasteiger partial charge < -0.3 is 14.8 Å². The fourth-order valence-corrected chi connectivity index (χ4v) is 5.90. The van der Waals surface area contributed by atoms with E-state index in [-0.39, 0.29) is 36.1 Å². The average molecular weight is 471 g/mol. The van der Waals surface area contributed by atoms with Crippen molar-refractivity contribution in [3.63, 3.8) is 0 Å². The molecule has 0 aliphatic carbocycles. The van der Waals surface area contributed by atoms with E-state index < -0.39 is 10.0 Å². The van der Waals surface area contributed by atoms with E-state index >= 15 is 0 Å². The van der Waals surface area contributed by atoms with Gasteiger partial charge in [-0.1, -0.05) is 35.2 Å². The summed E-state index contributed by atoms with van der Waals surface area (Å²) in [5.41, 5.74) is 0.547. The Morgan fingerprint density at radius 3 is 2.87 bits per heavy atom. The van der Waals surface area contributed by atoms with Crippen molar-refractivity contribution < 1.29 is 22.7 Å². The van der Waals surface area contributed by atoms with Crippen LogP contribution in [0.4, 0.5) is 5.13 Å². The van der Waals surface area contributed by atoms with Gasteiger partial charge in [0.15, 0.2) is 4.34 Å². The summed E-state index contributed by atoms with van der Waals surface area (Å²) in [6.07, 6.45) is 1.75. The molecule has 1 N–H and O–H groups in total. The van der Waals surface area contributed by atoms with Crippen LogP contribution in [0.3, 0.4) is 0 Å². The fourth-order valence-electron chi connectivity index (χ4n) is 2.76. The van der Waals surface area contributed by atoms with E-state index in [9.17, 15) is 13.2 Å². The molecule has 30 heavy (non-hydrogen) atoms. The normalized spacial score (nSPS) is 15.0. The zero-order valence-corrected chi connectivity index (χ0v) is 18.8. The van der Waals surface area contributed by atoms with E-state index in [0.717, 1.165) is 4.34 Å². The molecule has 0 spiro atoms. The fraction of sp³-hybridized carbons (Fsp3) is 0.389. The smallest absolute Gasteiger partial charge is 0.246 e. The van der Waals surface area contributed by atoms with Gasteiger partial charge in [0.2, 0.25) is 21.1 Å². The highest BCUT2D eigenvalue weighted by atomic mass is 32.2. The van der Waals surface area contributed by atoms with Gasteiger partial charge in [-0.2, -0.15) is 4.31 Å². The monoisotopic (exact) mass is 470 g/mol. The van der Waals surface area contributed by atoms with Crippen LogP contribution in [0.1, 0.15) is 5.56 Å². The number of carbonyl (C=O) groups is 1. The summed E-state index contributed by atoms with van der Waals surface area (Å²) in [4.78, 5) is 12.5. The number of carbonyl (C=O) groups excluding carboxylic acids is 1. The molecule has 162 valence electrons. The van der Waals surface area contributed by atoms with Crippen LogP contribution >= 0.6 is 23.1 Å². The van der Waals surface area contributed by atoms with Crippen molar-refractivity contribution in [2.45, 2.75) is 15.7 Å². The molecule has 0 unspecified atom stereocenters. The van der Waals surface area contributed by atoms with Crippen molar-refractivity contribution in [1.82, 2.24) is 14.5 Å². The molecule has 1 aliphatic heterocycles. The SMILES string of the molecule is C=CCSc1nnc(NC(=O)Cc2ccc(OC)c(S(=O)(=O)N3CCOCC3)c2)s1. The van der Waals surface area contributed by atoms with Gasteiger partial charge in [0, 0.05) is 18.8 Å². The maximum Gasteiger partial charge on any atom is 0.246 e. The van der Waals surface area contributed by atoms with E-state index in [1.54, 1.807) is 18.2 Å². The third kappa shape index (κ3) is 5.58. The highest BCUT2D eigenvalue weighted by molar-refractivity contribution is 8.01. The Balaban J connectivity index is 1.73. The van der Waals surface area contributed by atoms with Crippen molar-refractivity contribution in [2.75, 3.05) is 44.5 Å². The molecule has 1 amide bonds. The summed E-state index contributed by atoms with van der Waals surface area (Å²) in [7, 11) is -2.35. The lowest BCUT2D eigenvalue weighted by atomic mass is 10.1. The molecule has 1 aromatic heterocycles. The Kier molecular flexibility index (Phi) is 7.83. The Hall–Kier alpha value is -1.99. The first kappa shape index (κ1) is 22.7. The zero-order valence-electron chi connectivity index (χ0n) is 16.4. The predicted octanol–water partition coefficient (Wildman–Crippen LogP) is 2.03. The number of nitrogens with one attached hydrogen (secondary N) is 1. The number of hydrogen-bond donors (Lipinski definition) is 1. The molecule has 0 saturated carbocycles. The van der Waals surface area contributed by atoms with Crippen LogP contribution in [0.15, 0.2) is 40.1 Å². The molecule has 9 nitrogen and oxygen atoms in total. The predicted molar refractivity (Wildman–Crippen MR) is 116 cm³/mol. The third-order valence-electron chi connectivity index (χ3n) is 4.16. The first-order valence-electron chi connectivity index (χ1n) is 9.06. The van der Waals surface area contributed by atoms with Gasteiger partial charge in [-0.15, -0.1) is 16.8 Å². The minimum atomic E-state index is -3.76. The summed E-state index contributed by atoms with van der Waals surface area (Å²) in [6.45, 7) is 4.90. The van der Waals surface area contributed by atoms with Gasteiger partial charge in [-0.25, -0.2) is 8.42 Å². The third-order valence-corrected chi connectivity index (χ3v) is 8.05. The van der Waals surface area contributed by atoms with E-state index in [2.05, 4.69) is 22.1 Å². The Bertz CT molecular complexity index is 1000. The molecule has 1 saturated heterocycles. The quantitative estimate of drug-likeness (QED) is 0.337. The number of hydrogen-bond acceptors (Lipinski definition) is 9. The summed E-state index contributed by atoms with van der Waals surface area (Å²) < 4.78 is 38.7. The summed E-state index contributed by atoms with van der Waals surface area (Å²) in [5.74, 6) is 0.624. The second-order valence-corrected chi connectivity index (χ2v) is 10.4. The lowest BCUT2D eigenvalue weighted by Gasteiger charge is -2.26. The van der Waals surface area contributed by atoms with Crippen molar-refractivity contribution in [3.8, 4) is 5.75 Å². The first-order valence-corrected chi connectivity index (χ1v) is 12.3. The second kappa shape index (κ2) is 10.4. The second-order valence-electron chi connectivity index (χ2n) is 6.20. The Labute approximate surface area is 183 Å². The van der Waals surface area contributed by atoms with Gasteiger partial charge in [0.25, 0.3) is 0 Å². The van der Waals surface area contributed by atoms with Gasteiger partial charge in [-0.05, 0) is 17.7 Å². The highest BCUT2D eigenvalue weighted by Gasteiger charge is 2.29. The number of aromatic nitrogens is 2. The van der Waals surface area contributed by atoms with Crippen LogP contribution in [-0.4, -0.2) is 68.0 Å². The van der Waals surface area contributed by atoms with Gasteiger partial charge >= 0.3 is 0 Å². The maximum absolute atomic E-state index is 13.0. The number of nitrogens with zero attached hydrogens (tertiary/aromatic N) is 3. The van der Waals surface area contributed by atoms with Crippen LogP contribution in [0.5, 0.6) is 5.75 Å². The molecule has 12 heteroatoms. The van der Waals surface area contributed by atoms with Crippen molar-refractivity contribution in [3.05, 3.63) is 36.4 Å². The number of sulfonamides is 1. The Morgan fingerprint density at radius 1 is 1.40 bits per heavy atom. The zero-order chi connectivity index (χ0) is 21.6. The number of thioether (sulfide) groups is 1. The molecule has 0 radical (unpaired) electrons. The minimum absolute atomic E-state index is 0.00958. The van der Waals surface area contributed by atoms with Gasteiger partial charge in [-0.3, -0.25) is 4.79 Å². The van der Waals surface area contributed by atoms with Crippen LogP contribution < -0.4 is 10.1 Å². The van der Waals surface area contributed by atoms with Crippen molar-refractivity contribution in [2.24, 2.45) is 0 Å². The first-order chi connectivity index (χ1) is 14.4. The lowest BCUT2D eigenvalue weighted by molar-refractivity contribution is -0.115. The largest absolute Gasteiger partial charge is 0.495 e. The van der Waals surface area contributed by atoms with E-state index in [1.165, 1.54) is 40.6 Å². The standard InChI is InChI=1S/C18H22N4O5S3/c1-3-10-28-18-21-20-17(29-18)19-16(23)12-13-4-5-14(26-2)15(11-13)30(24,25)22-6-8-27-9-7-22/h3-5,11H,1,6-10,12H2,2H3,(H,19,20,23). The van der Waals surface area contributed by atoms with Crippen LogP contribution in [0.25, 0.3) is 0 Å². The minimum Gasteiger partial charge on any atom is -0.495 e. The Morgan fingerprint density at radius 2 is 2.17 bits per heavy atom. The van der Waals surface area contributed by atoms with Gasteiger partial charge in [0.05, 0.1) is 26.7 Å². The molecule has 1 aliphatic rings. The molecule has 0 bridgehead atoms. The topological polar surface area (TPSA) is 111 Å². The van der Waals surface area contributed by atoms with E-state index in [0.29, 0.717) is 29.7 Å². The summed E-state index contributed by atoms with van der Waals surface area (Å²) in [5, 5.41) is 11.0. The summed E-state index contributed by atoms with van der Waals surface area (Å²) in [6, 6.07) is 4.71. The number of benzene rings is 1. The molecule has 0 atom stereocenters. The highest BCUT2D eigenvalue weighted by Crippen LogP contribution is 2.29. The molecule has 3 rings (SSSR count). The van der Waals surface area contributed by atoms with Crippen molar-refractivity contribution >= 4 is 44.2 Å². The number of methoxy groups -OCH3 is 1. The lowest BCUT2D eigenvalue weighted by Crippen LogP contribution is -2.40. The van der Waals surface area contributed by atoms with E-state index in [1.807, 2.05) is 0 Å². The summed E-state index contributed by atoms with van der Waals surface area (Å²) >= 11 is 2.75. The molecule has 2 aromatic rings. The van der Waals surface area contributed by atoms with Crippen LogP contribution in [0, 0.1) is 0 Å². The number of ether oxygens (including phenoxy) is 2.